The van der Waals surface area contributed by atoms with Gasteiger partial charge in [0.15, 0.2) is 5.82 Å². The largest absolute Gasteiger partial charge is 0.381 e. The number of nitrogens with one attached hydrogen (secondary N) is 1. The van der Waals surface area contributed by atoms with Crippen molar-refractivity contribution in [3.05, 3.63) is 41.2 Å². The van der Waals surface area contributed by atoms with Gasteiger partial charge in [-0.1, -0.05) is 12.1 Å². The van der Waals surface area contributed by atoms with Crippen LogP contribution in [0.5, 0.6) is 0 Å². The molecule has 0 unspecified atom stereocenters. The molecule has 1 aromatic carbocycles. The van der Waals surface area contributed by atoms with E-state index in [1.54, 1.807) is 18.2 Å². The van der Waals surface area contributed by atoms with E-state index in [0.29, 0.717) is 46.1 Å². The third-order valence-electron chi connectivity index (χ3n) is 7.48. The first kappa shape index (κ1) is 21.3. The Morgan fingerprint density at radius 2 is 1.88 bits per heavy atom. The second-order valence-electron chi connectivity index (χ2n) is 9.60. The second-order valence-corrected chi connectivity index (χ2v) is 9.60. The topological polar surface area (TPSA) is 74.1 Å². The summed E-state index contributed by atoms with van der Waals surface area (Å²) in [6.45, 7) is 7.18. The molecule has 6 nitrogen and oxygen atoms in total. The maximum Gasteiger partial charge on any atom is 0.167 e. The number of aromatic nitrogens is 2. The van der Waals surface area contributed by atoms with Gasteiger partial charge in [0, 0.05) is 44.5 Å². The predicted octanol–water partition coefficient (Wildman–Crippen LogP) is 4.01. The Hall–Kier alpha value is -2.56. The fourth-order valence-electron chi connectivity index (χ4n) is 5.82. The lowest BCUT2D eigenvalue weighted by Gasteiger charge is -2.27. The highest BCUT2D eigenvalue weighted by molar-refractivity contribution is 5.69. The fourth-order valence-corrected chi connectivity index (χ4v) is 5.82. The van der Waals surface area contributed by atoms with Crippen LogP contribution < -0.4 is 5.32 Å². The summed E-state index contributed by atoms with van der Waals surface area (Å²) in [5, 5.41) is 21.9. The zero-order chi connectivity index (χ0) is 22.1. The van der Waals surface area contributed by atoms with Gasteiger partial charge in [0.05, 0.1) is 0 Å². The molecule has 1 aliphatic carbocycles. The van der Waals surface area contributed by atoms with Gasteiger partial charge in [-0.25, -0.2) is 4.39 Å². The van der Waals surface area contributed by atoms with E-state index in [1.165, 1.54) is 38.5 Å². The number of hydrogen-bond donors (Lipinski definition) is 1. The molecule has 2 aliphatic heterocycles. The molecule has 3 aliphatic rings. The van der Waals surface area contributed by atoms with E-state index >= 15 is 0 Å². The number of halogens is 1. The third kappa shape index (κ3) is 4.22. The maximum atomic E-state index is 14.3. The third-order valence-corrected chi connectivity index (χ3v) is 7.48. The summed E-state index contributed by atoms with van der Waals surface area (Å²) < 4.78 is 19.7. The summed E-state index contributed by atoms with van der Waals surface area (Å²) in [5.41, 5.74) is 1.92. The van der Waals surface area contributed by atoms with E-state index in [0.717, 1.165) is 32.0 Å². The minimum atomic E-state index is -0.358. The van der Waals surface area contributed by atoms with Gasteiger partial charge in [0.2, 0.25) is 0 Å². The summed E-state index contributed by atoms with van der Waals surface area (Å²) in [7, 11) is 0. The van der Waals surface area contributed by atoms with Crippen LogP contribution in [0, 0.1) is 41.8 Å². The molecule has 7 heteroatoms. The molecule has 3 heterocycles. The van der Waals surface area contributed by atoms with Gasteiger partial charge in [-0.3, -0.25) is 0 Å². The zero-order valence-electron chi connectivity index (χ0n) is 18.6. The normalized spacial score (nSPS) is 26.1. The smallest absolute Gasteiger partial charge is 0.167 e. The Kier molecular flexibility index (Phi) is 6.07. The van der Waals surface area contributed by atoms with Crippen LogP contribution in [0.4, 0.5) is 10.2 Å². The van der Waals surface area contributed by atoms with Gasteiger partial charge in [-0.2, -0.15) is 5.26 Å². The summed E-state index contributed by atoms with van der Waals surface area (Å²) in [4.78, 5) is 2.65. The van der Waals surface area contributed by atoms with Crippen LogP contribution in [-0.4, -0.2) is 54.0 Å². The average molecular weight is 436 g/mol. The van der Waals surface area contributed by atoms with Crippen molar-refractivity contribution in [2.75, 3.05) is 38.2 Å². The standard InChI is InChI=1S/C25H30FN5O/c1-16-22(12-27)25(30-29-24(16)21-4-2-3-5-23(21)26)28-20-10-18-14-31(15-19(18)11-20)13-17-6-8-32-9-7-17/h2-5,17-20H,6-11,13-15H2,1H3,(H,28,30)/t18-,19+,20+. The minimum absolute atomic E-state index is 0.301. The number of ether oxygens (including phenoxy) is 1. The van der Waals surface area contributed by atoms with Crippen molar-refractivity contribution >= 4 is 5.82 Å². The minimum Gasteiger partial charge on any atom is -0.381 e. The van der Waals surface area contributed by atoms with Crippen molar-refractivity contribution in [1.82, 2.24) is 15.1 Å². The Bertz CT molecular complexity index is 1000. The van der Waals surface area contributed by atoms with Crippen molar-refractivity contribution in [1.29, 1.82) is 5.26 Å². The van der Waals surface area contributed by atoms with Crippen LogP contribution in [0.25, 0.3) is 11.3 Å². The molecule has 0 bridgehead atoms. The molecule has 3 atom stereocenters. The molecule has 32 heavy (non-hydrogen) atoms. The van der Waals surface area contributed by atoms with E-state index in [2.05, 4.69) is 26.5 Å². The van der Waals surface area contributed by atoms with Gasteiger partial charge < -0.3 is 15.0 Å². The molecule has 1 N–H and O–H groups in total. The predicted molar refractivity (Wildman–Crippen MR) is 120 cm³/mol. The van der Waals surface area contributed by atoms with E-state index in [-0.39, 0.29) is 5.82 Å². The van der Waals surface area contributed by atoms with Gasteiger partial charge in [0.25, 0.3) is 0 Å². The first-order valence-electron chi connectivity index (χ1n) is 11.7. The lowest BCUT2D eigenvalue weighted by Crippen LogP contribution is -2.32. The number of nitriles is 1. The van der Waals surface area contributed by atoms with E-state index < -0.39 is 0 Å². The van der Waals surface area contributed by atoms with Crippen LogP contribution >= 0.6 is 0 Å². The monoisotopic (exact) mass is 435 g/mol. The Labute approximate surface area is 188 Å². The van der Waals surface area contributed by atoms with Gasteiger partial charge >= 0.3 is 0 Å². The first-order valence-corrected chi connectivity index (χ1v) is 11.7. The highest BCUT2D eigenvalue weighted by atomic mass is 19.1. The number of hydrogen-bond acceptors (Lipinski definition) is 6. The quantitative estimate of drug-likeness (QED) is 0.765. The molecule has 2 aromatic rings. The van der Waals surface area contributed by atoms with Gasteiger partial charge in [0.1, 0.15) is 23.1 Å². The number of fused-ring (bicyclic) bond motifs is 1. The lowest BCUT2D eigenvalue weighted by molar-refractivity contribution is 0.0545. The summed E-state index contributed by atoms with van der Waals surface area (Å²) in [6, 6.07) is 9.04. The lowest BCUT2D eigenvalue weighted by atomic mass is 10.00. The molecule has 0 radical (unpaired) electrons. The molecule has 0 spiro atoms. The van der Waals surface area contributed by atoms with Gasteiger partial charge in [-0.05, 0) is 68.1 Å². The number of anilines is 1. The van der Waals surface area contributed by atoms with E-state index in [1.807, 2.05) is 6.92 Å². The maximum absolute atomic E-state index is 14.3. The molecule has 3 fully saturated rings. The van der Waals surface area contributed by atoms with Crippen LogP contribution in [0.15, 0.2) is 24.3 Å². The van der Waals surface area contributed by atoms with Crippen molar-refractivity contribution < 1.29 is 9.13 Å². The summed E-state index contributed by atoms with van der Waals surface area (Å²) in [5.74, 6) is 2.34. The number of rotatable bonds is 5. The Balaban J connectivity index is 1.24. The SMILES string of the molecule is Cc1c(-c2ccccc2F)nnc(N[C@H]2C[C@@H]3CN(CC4CCOCC4)C[C@@H]3C2)c1C#N. The second kappa shape index (κ2) is 9.13. The van der Waals surface area contributed by atoms with Crippen molar-refractivity contribution in [2.45, 2.75) is 38.6 Å². The molecular formula is C25H30FN5O. The summed E-state index contributed by atoms with van der Waals surface area (Å²) >= 11 is 0. The molecule has 1 aromatic heterocycles. The van der Waals surface area contributed by atoms with Crippen molar-refractivity contribution in [2.24, 2.45) is 17.8 Å². The summed E-state index contributed by atoms with van der Waals surface area (Å²) in [6.07, 6.45) is 4.56. The molecule has 5 rings (SSSR count). The van der Waals surface area contributed by atoms with Crippen molar-refractivity contribution in [3.63, 3.8) is 0 Å². The number of nitrogens with zero attached hydrogens (tertiary/aromatic N) is 4. The zero-order valence-corrected chi connectivity index (χ0v) is 18.6. The highest BCUT2D eigenvalue weighted by Gasteiger charge is 2.41. The van der Waals surface area contributed by atoms with E-state index in [4.69, 9.17) is 4.74 Å². The first-order chi connectivity index (χ1) is 15.6. The molecule has 168 valence electrons. The molecular weight excluding hydrogens is 405 g/mol. The average Bonchev–Trinajstić information content (AvgIpc) is 3.33. The van der Waals surface area contributed by atoms with Crippen LogP contribution in [0.2, 0.25) is 0 Å². The number of likely N-dealkylation sites (tertiary alicyclic amines) is 1. The van der Waals surface area contributed by atoms with Crippen molar-refractivity contribution in [3.8, 4) is 17.3 Å². The van der Waals surface area contributed by atoms with Crippen LogP contribution in [0.1, 0.15) is 36.8 Å². The van der Waals surface area contributed by atoms with E-state index in [9.17, 15) is 9.65 Å². The molecule has 1 saturated carbocycles. The van der Waals surface area contributed by atoms with Crippen LogP contribution in [-0.2, 0) is 4.74 Å². The van der Waals surface area contributed by atoms with Crippen LogP contribution in [0.3, 0.4) is 0 Å². The molecule has 0 amide bonds. The Morgan fingerprint density at radius 3 is 2.56 bits per heavy atom. The fraction of sp³-hybridized carbons (Fsp3) is 0.560. The highest BCUT2D eigenvalue weighted by Crippen LogP contribution is 2.40. The Morgan fingerprint density at radius 1 is 1.16 bits per heavy atom. The van der Waals surface area contributed by atoms with Gasteiger partial charge in [-0.15, -0.1) is 10.2 Å². The molecule has 2 saturated heterocycles. The number of benzene rings is 1.